The molecule has 0 unspecified atom stereocenters. The Morgan fingerprint density at radius 3 is 2.45 bits per heavy atom. The topological polar surface area (TPSA) is 41.1 Å². The van der Waals surface area contributed by atoms with Crippen LogP contribution in [0.4, 0.5) is 5.69 Å². The zero-order valence-corrected chi connectivity index (χ0v) is 12.4. The zero-order chi connectivity index (χ0) is 14.5. The van der Waals surface area contributed by atoms with Gasteiger partial charge >= 0.3 is 0 Å². The van der Waals surface area contributed by atoms with Crippen molar-refractivity contribution < 1.29 is 4.79 Å². The average molecular weight is 305 g/mol. The Balaban J connectivity index is 2.05. The van der Waals surface area contributed by atoms with Gasteiger partial charge in [-0.2, -0.15) is 0 Å². The van der Waals surface area contributed by atoms with Crippen LogP contribution >= 0.6 is 23.8 Å². The Labute approximate surface area is 128 Å². The van der Waals surface area contributed by atoms with E-state index in [1.54, 1.807) is 30.3 Å². The van der Waals surface area contributed by atoms with Crippen molar-refractivity contribution in [2.24, 2.45) is 0 Å². The molecule has 0 saturated heterocycles. The van der Waals surface area contributed by atoms with Gasteiger partial charge in [-0.3, -0.25) is 10.1 Å². The normalized spacial score (nSPS) is 9.90. The van der Waals surface area contributed by atoms with Crippen molar-refractivity contribution in [1.29, 1.82) is 0 Å². The van der Waals surface area contributed by atoms with E-state index in [0.717, 1.165) is 5.56 Å². The molecule has 2 aromatic rings. The number of hydrogen-bond donors (Lipinski definition) is 2. The molecule has 0 fully saturated rings. The highest BCUT2D eigenvalue weighted by atomic mass is 35.5. The van der Waals surface area contributed by atoms with Crippen LogP contribution in [-0.2, 0) is 0 Å². The third-order valence-corrected chi connectivity index (χ3v) is 3.24. The lowest BCUT2D eigenvalue weighted by Crippen LogP contribution is -2.34. The minimum absolute atomic E-state index is 0.218. The molecule has 2 N–H and O–H groups in total. The highest BCUT2D eigenvalue weighted by Crippen LogP contribution is 2.24. The number of aryl methyl sites for hydroxylation is 1. The molecule has 102 valence electrons. The molecule has 0 aliphatic heterocycles. The summed E-state index contributed by atoms with van der Waals surface area (Å²) >= 11 is 11.2. The predicted octanol–water partition coefficient (Wildman–Crippen LogP) is 3.78. The van der Waals surface area contributed by atoms with Gasteiger partial charge in [-0.15, -0.1) is 0 Å². The summed E-state index contributed by atoms with van der Waals surface area (Å²) in [4.78, 5) is 11.9. The van der Waals surface area contributed by atoms with E-state index in [4.69, 9.17) is 23.8 Å². The number of anilines is 1. The first-order chi connectivity index (χ1) is 9.58. The highest BCUT2D eigenvalue weighted by molar-refractivity contribution is 7.80. The minimum Gasteiger partial charge on any atom is -0.331 e. The van der Waals surface area contributed by atoms with E-state index in [2.05, 4.69) is 10.6 Å². The fourth-order valence-corrected chi connectivity index (χ4v) is 2.16. The first kappa shape index (κ1) is 14.5. The lowest BCUT2D eigenvalue weighted by atomic mass is 10.2. The van der Waals surface area contributed by atoms with Gasteiger partial charge in [0.2, 0.25) is 0 Å². The summed E-state index contributed by atoms with van der Waals surface area (Å²) in [6.07, 6.45) is 0. The van der Waals surface area contributed by atoms with Crippen molar-refractivity contribution in [3.05, 3.63) is 64.7 Å². The Morgan fingerprint density at radius 1 is 1.10 bits per heavy atom. The number of para-hydroxylation sites is 1. The van der Waals surface area contributed by atoms with E-state index in [0.29, 0.717) is 16.3 Å². The van der Waals surface area contributed by atoms with Crippen LogP contribution in [0, 0.1) is 6.92 Å². The molecule has 0 bridgehead atoms. The van der Waals surface area contributed by atoms with E-state index < -0.39 is 0 Å². The summed E-state index contributed by atoms with van der Waals surface area (Å²) in [5.41, 5.74) is 2.20. The average Bonchev–Trinajstić information content (AvgIpc) is 2.44. The van der Waals surface area contributed by atoms with E-state index >= 15 is 0 Å². The van der Waals surface area contributed by atoms with Crippen LogP contribution in [0.25, 0.3) is 0 Å². The van der Waals surface area contributed by atoms with Gasteiger partial charge in [0.05, 0.1) is 10.7 Å². The molecule has 20 heavy (non-hydrogen) atoms. The molecule has 3 nitrogen and oxygen atoms in total. The van der Waals surface area contributed by atoms with Crippen LogP contribution in [0.3, 0.4) is 0 Å². The van der Waals surface area contributed by atoms with Crippen LogP contribution in [0.15, 0.2) is 48.5 Å². The molecule has 0 radical (unpaired) electrons. The zero-order valence-electron chi connectivity index (χ0n) is 10.8. The molecule has 0 aliphatic carbocycles. The van der Waals surface area contributed by atoms with Crippen molar-refractivity contribution in [1.82, 2.24) is 5.32 Å². The number of halogens is 1. The summed E-state index contributed by atoms with van der Waals surface area (Å²) in [5, 5.41) is 6.34. The summed E-state index contributed by atoms with van der Waals surface area (Å²) in [6.45, 7) is 1.91. The van der Waals surface area contributed by atoms with Crippen molar-refractivity contribution in [3.8, 4) is 0 Å². The Hall–Kier alpha value is -1.91. The van der Waals surface area contributed by atoms with E-state index in [9.17, 15) is 4.79 Å². The molecule has 0 heterocycles. The summed E-state index contributed by atoms with van der Waals surface area (Å²) < 4.78 is 0. The maximum Gasteiger partial charge on any atom is 0.257 e. The van der Waals surface area contributed by atoms with Crippen LogP contribution in [0.2, 0.25) is 5.02 Å². The fraction of sp³-hybridized carbons (Fsp3) is 0.0667. The van der Waals surface area contributed by atoms with Crippen molar-refractivity contribution in [2.45, 2.75) is 6.92 Å². The number of thiocarbonyl (C=S) groups is 1. The molecule has 1 amide bonds. The molecule has 0 aliphatic rings. The summed E-state index contributed by atoms with van der Waals surface area (Å²) in [6, 6.07) is 14.4. The lowest BCUT2D eigenvalue weighted by Gasteiger charge is -2.13. The van der Waals surface area contributed by atoms with Gasteiger partial charge in [-0.25, -0.2) is 0 Å². The predicted molar refractivity (Wildman–Crippen MR) is 86.3 cm³/mol. The first-order valence-electron chi connectivity index (χ1n) is 6.00. The van der Waals surface area contributed by atoms with Crippen molar-refractivity contribution in [2.75, 3.05) is 5.32 Å². The lowest BCUT2D eigenvalue weighted by molar-refractivity contribution is 0.0977. The summed E-state index contributed by atoms with van der Waals surface area (Å²) in [7, 11) is 0. The van der Waals surface area contributed by atoms with Gasteiger partial charge in [0.1, 0.15) is 0 Å². The standard InChI is InChI=1S/C15H13ClN2OS/c1-10-6-5-9-12(16)13(10)17-15(20)18-14(19)11-7-3-2-4-8-11/h2-9H,1H3,(H2,17,18,19,20). The molecule has 0 aromatic heterocycles. The monoisotopic (exact) mass is 304 g/mol. The largest absolute Gasteiger partial charge is 0.331 e. The number of rotatable bonds is 2. The Morgan fingerprint density at radius 2 is 1.80 bits per heavy atom. The number of nitrogens with one attached hydrogen (secondary N) is 2. The molecular weight excluding hydrogens is 292 g/mol. The van der Waals surface area contributed by atoms with Crippen LogP contribution in [0.1, 0.15) is 15.9 Å². The van der Waals surface area contributed by atoms with Gasteiger partial charge in [0, 0.05) is 5.56 Å². The molecule has 2 rings (SSSR count). The number of carbonyl (C=O) groups excluding carboxylic acids is 1. The number of hydrogen-bond acceptors (Lipinski definition) is 2. The van der Waals surface area contributed by atoms with Crippen LogP contribution < -0.4 is 10.6 Å². The molecular formula is C15H13ClN2OS. The SMILES string of the molecule is Cc1cccc(Cl)c1NC(=S)NC(=O)c1ccccc1. The summed E-state index contributed by atoms with van der Waals surface area (Å²) in [5.74, 6) is -0.257. The quantitative estimate of drug-likeness (QED) is 0.830. The number of carbonyl (C=O) groups is 1. The Bertz CT molecular complexity index is 623. The number of amides is 1. The van der Waals surface area contributed by atoms with Crippen molar-refractivity contribution in [3.63, 3.8) is 0 Å². The van der Waals surface area contributed by atoms with E-state index in [1.165, 1.54) is 0 Å². The first-order valence-corrected chi connectivity index (χ1v) is 6.79. The second kappa shape index (κ2) is 6.50. The third-order valence-electron chi connectivity index (χ3n) is 2.72. The molecule has 0 saturated carbocycles. The van der Waals surface area contributed by atoms with E-state index in [1.807, 2.05) is 25.1 Å². The van der Waals surface area contributed by atoms with Crippen molar-refractivity contribution >= 4 is 40.5 Å². The van der Waals surface area contributed by atoms with Gasteiger partial charge in [-0.05, 0) is 42.9 Å². The van der Waals surface area contributed by atoms with Gasteiger partial charge in [-0.1, -0.05) is 41.9 Å². The third kappa shape index (κ3) is 3.56. The number of benzene rings is 2. The molecule has 5 heteroatoms. The van der Waals surface area contributed by atoms with Gasteiger partial charge < -0.3 is 5.32 Å². The molecule has 0 spiro atoms. The molecule has 2 aromatic carbocycles. The van der Waals surface area contributed by atoms with Crippen LogP contribution in [-0.4, -0.2) is 11.0 Å². The minimum atomic E-state index is -0.257. The maximum atomic E-state index is 11.9. The van der Waals surface area contributed by atoms with Crippen LogP contribution in [0.5, 0.6) is 0 Å². The molecule has 0 atom stereocenters. The van der Waals surface area contributed by atoms with Gasteiger partial charge in [0.25, 0.3) is 5.91 Å². The maximum absolute atomic E-state index is 11.9. The Kier molecular flexibility index (Phi) is 4.71. The second-order valence-electron chi connectivity index (χ2n) is 4.21. The smallest absolute Gasteiger partial charge is 0.257 e. The second-order valence-corrected chi connectivity index (χ2v) is 5.02. The fourth-order valence-electron chi connectivity index (χ4n) is 1.70. The van der Waals surface area contributed by atoms with E-state index in [-0.39, 0.29) is 11.0 Å². The van der Waals surface area contributed by atoms with Gasteiger partial charge in [0.15, 0.2) is 5.11 Å². The highest BCUT2D eigenvalue weighted by Gasteiger charge is 2.09.